The molecule has 0 atom stereocenters. The van der Waals surface area contributed by atoms with Crippen LogP contribution in [0.4, 0.5) is 5.82 Å². The number of rotatable bonds is 4. The zero-order chi connectivity index (χ0) is 13.0. The van der Waals surface area contributed by atoms with Gasteiger partial charge in [-0.2, -0.15) is 0 Å². The van der Waals surface area contributed by atoms with Crippen LogP contribution in [0.5, 0.6) is 0 Å². The first-order valence-electron chi connectivity index (χ1n) is 5.50. The second-order valence-electron chi connectivity index (χ2n) is 3.81. The Bertz CT molecular complexity index is 550. The molecule has 0 saturated carbocycles. The fourth-order valence-electron chi connectivity index (χ4n) is 1.49. The van der Waals surface area contributed by atoms with Gasteiger partial charge in [-0.15, -0.1) is 10.2 Å². The molecule has 0 aromatic carbocycles. The number of carbonyl (C=O) groups excluding carboxylic acids is 1. The second-order valence-corrected chi connectivity index (χ2v) is 3.81. The van der Waals surface area contributed by atoms with Crippen LogP contribution >= 0.6 is 0 Å². The van der Waals surface area contributed by atoms with E-state index in [0.717, 1.165) is 5.82 Å². The molecule has 7 nitrogen and oxygen atoms in total. The van der Waals surface area contributed by atoms with Gasteiger partial charge in [-0.25, -0.2) is 4.98 Å². The lowest BCUT2D eigenvalue weighted by Crippen LogP contribution is -2.27. The molecule has 0 aliphatic carbocycles. The summed E-state index contributed by atoms with van der Waals surface area (Å²) < 4.78 is 1.81. The number of hydrogen-bond donors (Lipinski definition) is 2. The van der Waals surface area contributed by atoms with E-state index in [1.54, 1.807) is 24.5 Å². The minimum Gasteiger partial charge on any atom is -0.384 e. The summed E-state index contributed by atoms with van der Waals surface area (Å²) in [6, 6.07) is 4.95. The van der Waals surface area contributed by atoms with Gasteiger partial charge in [-0.05, 0) is 12.1 Å². The number of pyridine rings is 1. The monoisotopic (exact) mass is 246 g/mol. The normalized spacial score (nSPS) is 10.3. The molecule has 0 bridgehead atoms. The maximum Gasteiger partial charge on any atom is 0.269 e. The van der Waals surface area contributed by atoms with E-state index in [1.807, 2.05) is 11.6 Å². The fraction of sp³-hybridized carbons (Fsp3) is 0.273. The molecule has 0 aliphatic heterocycles. The average Bonchev–Trinajstić information content (AvgIpc) is 2.75. The quantitative estimate of drug-likeness (QED) is 0.776. The molecule has 0 fully saturated rings. The van der Waals surface area contributed by atoms with E-state index in [1.165, 1.54) is 0 Å². The van der Waals surface area contributed by atoms with E-state index in [9.17, 15) is 4.79 Å². The molecule has 0 aliphatic rings. The van der Waals surface area contributed by atoms with Crippen molar-refractivity contribution in [2.45, 2.75) is 6.42 Å². The van der Waals surface area contributed by atoms with Crippen molar-refractivity contribution in [2.24, 2.45) is 7.05 Å². The van der Waals surface area contributed by atoms with Gasteiger partial charge >= 0.3 is 0 Å². The molecule has 7 heteroatoms. The van der Waals surface area contributed by atoms with Crippen molar-refractivity contribution >= 4 is 11.7 Å². The van der Waals surface area contributed by atoms with Crippen LogP contribution in [0.2, 0.25) is 0 Å². The van der Waals surface area contributed by atoms with Crippen molar-refractivity contribution in [1.29, 1.82) is 0 Å². The lowest BCUT2D eigenvalue weighted by molar-refractivity contribution is 0.0949. The van der Waals surface area contributed by atoms with Gasteiger partial charge in [-0.1, -0.05) is 6.07 Å². The standard InChI is InChI=1S/C11H14N6O/c1-17-7-14-16-10(17)5-6-13-11(18)8-3-2-4-9(12)15-8/h2-4,7H,5-6H2,1H3,(H2,12,15)(H,13,18). The van der Waals surface area contributed by atoms with Crippen LogP contribution in [0.1, 0.15) is 16.3 Å². The van der Waals surface area contributed by atoms with Crippen LogP contribution in [0.25, 0.3) is 0 Å². The first kappa shape index (κ1) is 12.0. The zero-order valence-corrected chi connectivity index (χ0v) is 10.00. The predicted molar refractivity (Wildman–Crippen MR) is 65.7 cm³/mol. The van der Waals surface area contributed by atoms with E-state index < -0.39 is 0 Å². The van der Waals surface area contributed by atoms with Gasteiger partial charge in [0, 0.05) is 20.0 Å². The first-order chi connectivity index (χ1) is 8.66. The predicted octanol–water partition coefficient (Wildman–Crippen LogP) is -0.235. The Morgan fingerprint density at radius 3 is 3.00 bits per heavy atom. The molecule has 3 N–H and O–H groups in total. The van der Waals surface area contributed by atoms with Gasteiger partial charge in [0.2, 0.25) is 0 Å². The van der Waals surface area contributed by atoms with Crippen LogP contribution in [0.3, 0.4) is 0 Å². The van der Waals surface area contributed by atoms with Crippen molar-refractivity contribution < 1.29 is 4.79 Å². The summed E-state index contributed by atoms with van der Waals surface area (Å²) in [5.74, 6) is 0.899. The molecule has 1 amide bonds. The minimum atomic E-state index is -0.246. The average molecular weight is 246 g/mol. The van der Waals surface area contributed by atoms with Crippen molar-refractivity contribution in [1.82, 2.24) is 25.1 Å². The Labute approximate surface area is 104 Å². The maximum absolute atomic E-state index is 11.7. The highest BCUT2D eigenvalue weighted by Gasteiger charge is 2.07. The number of hydrogen-bond acceptors (Lipinski definition) is 5. The molecule has 94 valence electrons. The van der Waals surface area contributed by atoms with Crippen molar-refractivity contribution in [3.63, 3.8) is 0 Å². The number of aryl methyl sites for hydroxylation is 1. The highest BCUT2D eigenvalue weighted by molar-refractivity contribution is 5.92. The van der Waals surface area contributed by atoms with Crippen LogP contribution < -0.4 is 11.1 Å². The lowest BCUT2D eigenvalue weighted by atomic mass is 10.3. The molecule has 0 saturated heterocycles. The van der Waals surface area contributed by atoms with Gasteiger partial charge in [0.15, 0.2) is 0 Å². The Morgan fingerprint density at radius 1 is 1.50 bits per heavy atom. The highest BCUT2D eigenvalue weighted by Crippen LogP contribution is 2.00. The SMILES string of the molecule is Cn1cnnc1CCNC(=O)c1cccc(N)n1. The smallest absolute Gasteiger partial charge is 0.269 e. The molecule has 2 aromatic heterocycles. The van der Waals surface area contributed by atoms with Gasteiger partial charge in [0.1, 0.15) is 23.7 Å². The van der Waals surface area contributed by atoms with Crippen molar-refractivity contribution in [3.05, 3.63) is 36.0 Å². The zero-order valence-electron chi connectivity index (χ0n) is 10.00. The molecule has 0 radical (unpaired) electrons. The summed E-state index contributed by atoms with van der Waals surface area (Å²) in [7, 11) is 1.86. The minimum absolute atomic E-state index is 0.246. The van der Waals surface area contributed by atoms with E-state index in [0.29, 0.717) is 24.5 Å². The summed E-state index contributed by atoms with van der Waals surface area (Å²) in [5.41, 5.74) is 5.82. The van der Waals surface area contributed by atoms with Crippen LogP contribution in [-0.2, 0) is 13.5 Å². The number of nitrogen functional groups attached to an aromatic ring is 1. The molecule has 18 heavy (non-hydrogen) atoms. The Morgan fingerprint density at radius 2 is 2.33 bits per heavy atom. The third-order valence-electron chi connectivity index (χ3n) is 2.44. The van der Waals surface area contributed by atoms with E-state index >= 15 is 0 Å². The van der Waals surface area contributed by atoms with Gasteiger partial charge < -0.3 is 15.6 Å². The summed E-state index contributed by atoms with van der Waals surface area (Å²) in [6.07, 6.45) is 2.24. The lowest BCUT2D eigenvalue weighted by Gasteiger charge is -2.04. The summed E-state index contributed by atoms with van der Waals surface area (Å²) in [4.78, 5) is 15.7. The molecule has 0 unspecified atom stereocenters. The number of aromatic nitrogens is 4. The first-order valence-corrected chi connectivity index (χ1v) is 5.50. The third-order valence-corrected chi connectivity index (χ3v) is 2.44. The molecule has 2 heterocycles. The van der Waals surface area contributed by atoms with E-state index in [2.05, 4.69) is 20.5 Å². The third kappa shape index (κ3) is 2.82. The number of anilines is 1. The molecular weight excluding hydrogens is 232 g/mol. The molecular formula is C11H14N6O. The van der Waals surface area contributed by atoms with Crippen molar-refractivity contribution in [2.75, 3.05) is 12.3 Å². The maximum atomic E-state index is 11.7. The summed E-state index contributed by atoms with van der Waals surface area (Å²) >= 11 is 0. The van der Waals surface area contributed by atoms with E-state index in [-0.39, 0.29) is 5.91 Å². The molecule has 0 spiro atoms. The second kappa shape index (κ2) is 5.26. The van der Waals surface area contributed by atoms with Gasteiger partial charge in [0.05, 0.1) is 0 Å². The largest absolute Gasteiger partial charge is 0.384 e. The number of nitrogens with two attached hydrogens (primary N) is 1. The number of carbonyl (C=O) groups is 1. The molecule has 2 rings (SSSR count). The van der Waals surface area contributed by atoms with Gasteiger partial charge in [0.25, 0.3) is 5.91 Å². The Hall–Kier alpha value is -2.44. The van der Waals surface area contributed by atoms with Crippen LogP contribution in [0.15, 0.2) is 24.5 Å². The summed E-state index contributed by atoms with van der Waals surface area (Å²) in [5, 5.41) is 10.4. The fourth-order valence-corrected chi connectivity index (χ4v) is 1.49. The Balaban J connectivity index is 1.87. The molecule has 2 aromatic rings. The summed E-state index contributed by atoms with van der Waals surface area (Å²) in [6.45, 7) is 0.474. The topological polar surface area (TPSA) is 98.7 Å². The van der Waals surface area contributed by atoms with Crippen LogP contribution in [-0.4, -0.2) is 32.2 Å². The number of nitrogens with zero attached hydrogens (tertiary/aromatic N) is 4. The number of nitrogens with one attached hydrogen (secondary N) is 1. The Kier molecular flexibility index (Phi) is 3.52. The van der Waals surface area contributed by atoms with E-state index in [4.69, 9.17) is 5.73 Å². The van der Waals surface area contributed by atoms with Gasteiger partial charge in [-0.3, -0.25) is 4.79 Å². The van der Waals surface area contributed by atoms with Crippen LogP contribution in [0, 0.1) is 0 Å². The number of amides is 1. The highest BCUT2D eigenvalue weighted by atomic mass is 16.1. The van der Waals surface area contributed by atoms with Crippen molar-refractivity contribution in [3.8, 4) is 0 Å².